The summed E-state index contributed by atoms with van der Waals surface area (Å²) in [5.74, 6) is 0.132. The summed E-state index contributed by atoms with van der Waals surface area (Å²) in [4.78, 5) is 18.9. The van der Waals surface area contributed by atoms with Gasteiger partial charge in [-0.1, -0.05) is 73.2 Å². The number of aromatic nitrogens is 1. The number of aromatic amines is 1. The molecule has 0 fully saturated rings. The number of nitrogens with one attached hydrogen (secondary N) is 1. The number of carbonyl (C=O) groups excluding carboxylic acids is 1. The van der Waals surface area contributed by atoms with Crippen molar-refractivity contribution in [2.45, 2.75) is 26.3 Å². The third-order valence-corrected chi connectivity index (χ3v) is 5.88. The van der Waals surface area contributed by atoms with Crippen LogP contribution >= 0.6 is 0 Å². The van der Waals surface area contributed by atoms with Crippen molar-refractivity contribution in [3.05, 3.63) is 95.1 Å². The zero-order valence-corrected chi connectivity index (χ0v) is 16.8. The molecule has 29 heavy (non-hydrogen) atoms. The molecule has 3 aromatic carbocycles. The standard InChI is InChI=1S/C26H24N2O/c1-3-16-28-25(19-8-4-5-9-20(19)26(28)29)23-21-10-6-7-11-22(21)27-24(23)18-14-12-17(2)13-15-18/h4-15,25,27H,3,16H2,1-2H3. The van der Waals surface area contributed by atoms with Crippen LogP contribution in [0.15, 0.2) is 72.8 Å². The number of amides is 1. The smallest absolute Gasteiger partial charge is 0.255 e. The number of rotatable bonds is 4. The largest absolute Gasteiger partial charge is 0.354 e. The van der Waals surface area contributed by atoms with E-state index in [-0.39, 0.29) is 11.9 Å². The Morgan fingerprint density at radius 2 is 1.66 bits per heavy atom. The minimum atomic E-state index is -0.0777. The Morgan fingerprint density at radius 1 is 0.931 bits per heavy atom. The molecule has 0 radical (unpaired) electrons. The number of hydrogen-bond acceptors (Lipinski definition) is 1. The average molecular weight is 380 g/mol. The van der Waals surface area contributed by atoms with Gasteiger partial charge in [0.05, 0.1) is 11.7 Å². The van der Waals surface area contributed by atoms with E-state index in [1.807, 2.05) is 23.1 Å². The SMILES string of the molecule is CCCN1C(=O)c2ccccc2C1c1c(-c2ccc(C)cc2)[nH]c2ccccc12. The second-order valence-corrected chi connectivity index (χ2v) is 7.81. The van der Waals surface area contributed by atoms with Gasteiger partial charge in [0.2, 0.25) is 0 Å². The number of H-pyrrole nitrogens is 1. The fourth-order valence-corrected chi connectivity index (χ4v) is 4.55. The van der Waals surface area contributed by atoms with Gasteiger partial charge in [-0.15, -0.1) is 0 Å². The number of carbonyl (C=O) groups is 1. The van der Waals surface area contributed by atoms with E-state index in [4.69, 9.17) is 0 Å². The lowest BCUT2D eigenvalue weighted by Gasteiger charge is -2.26. The van der Waals surface area contributed by atoms with Gasteiger partial charge in [0.1, 0.15) is 0 Å². The monoisotopic (exact) mass is 380 g/mol. The molecule has 0 saturated heterocycles. The Hall–Kier alpha value is -3.33. The summed E-state index contributed by atoms with van der Waals surface area (Å²) in [6.45, 7) is 4.97. The third kappa shape index (κ3) is 2.77. The second-order valence-electron chi connectivity index (χ2n) is 7.81. The Kier molecular flexibility index (Phi) is 4.24. The molecular formula is C26H24N2O. The molecule has 144 valence electrons. The van der Waals surface area contributed by atoms with Gasteiger partial charge in [0, 0.05) is 28.6 Å². The van der Waals surface area contributed by atoms with Crippen LogP contribution in [0.4, 0.5) is 0 Å². The molecule has 1 unspecified atom stereocenters. The molecule has 1 aliphatic rings. The van der Waals surface area contributed by atoms with Gasteiger partial charge in [-0.25, -0.2) is 0 Å². The first-order valence-corrected chi connectivity index (χ1v) is 10.3. The van der Waals surface area contributed by atoms with E-state index in [2.05, 4.69) is 73.4 Å². The van der Waals surface area contributed by atoms with Crippen LogP contribution in [0.5, 0.6) is 0 Å². The van der Waals surface area contributed by atoms with Crippen molar-refractivity contribution in [1.29, 1.82) is 0 Å². The number of aryl methyl sites for hydroxylation is 1. The van der Waals surface area contributed by atoms with Crippen molar-refractivity contribution in [2.75, 3.05) is 6.54 Å². The maximum Gasteiger partial charge on any atom is 0.255 e. The van der Waals surface area contributed by atoms with Crippen LogP contribution in [0.1, 0.15) is 46.4 Å². The highest BCUT2D eigenvalue weighted by molar-refractivity contribution is 6.02. The fourth-order valence-electron chi connectivity index (χ4n) is 4.55. The molecule has 0 spiro atoms. The normalized spacial score (nSPS) is 15.9. The fraction of sp³-hybridized carbons (Fsp3) is 0.192. The molecule has 1 atom stereocenters. The first-order chi connectivity index (χ1) is 14.2. The Balaban J connectivity index is 1.80. The van der Waals surface area contributed by atoms with Crippen LogP contribution in [0.25, 0.3) is 22.2 Å². The molecule has 2 heterocycles. The highest BCUT2D eigenvalue weighted by Gasteiger charge is 2.39. The van der Waals surface area contributed by atoms with Gasteiger partial charge >= 0.3 is 0 Å². The van der Waals surface area contributed by atoms with Crippen LogP contribution in [0.3, 0.4) is 0 Å². The van der Waals surface area contributed by atoms with Crippen LogP contribution in [-0.2, 0) is 0 Å². The third-order valence-electron chi connectivity index (χ3n) is 5.88. The lowest BCUT2D eigenvalue weighted by Crippen LogP contribution is -2.29. The molecular weight excluding hydrogens is 356 g/mol. The molecule has 0 aliphatic carbocycles. The lowest BCUT2D eigenvalue weighted by molar-refractivity contribution is 0.0751. The van der Waals surface area contributed by atoms with E-state index >= 15 is 0 Å². The van der Waals surface area contributed by atoms with Gasteiger partial charge in [0.15, 0.2) is 0 Å². The van der Waals surface area contributed by atoms with Crippen molar-refractivity contribution >= 4 is 16.8 Å². The summed E-state index contributed by atoms with van der Waals surface area (Å²) < 4.78 is 0. The number of fused-ring (bicyclic) bond motifs is 2. The summed E-state index contributed by atoms with van der Waals surface area (Å²) in [7, 11) is 0. The average Bonchev–Trinajstić information content (AvgIpc) is 3.25. The molecule has 1 aliphatic heterocycles. The predicted octanol–water partition coefficient (Wildman–Crippen LogP) is 6.10. The van der Waals surface area contributed by atoms with E-state index in [1.165, 1.54) is 16.5 Å². The van der Waals surface area contributed by atoms with Crippen LogP contribution in [0, 0.1) is 6.92 Å². The Morgan fingerprint density at radius 3 is 2.45 bits per heavy atom. The summed E-state index contributed by atoms with van der Waals surface area (Å²) in [6, 6.07) is 25.0. The van der Waals surface area contributed by atoms with Crippen LogP contribution in [0.2, 0.25) is 0 Å². The van der Waals surface area contributed by atoms with Crippen molar-refractivity contribution in [1.82, 2.24) is 9.88 Å². The number of benzene rings is 3. The quantitative estimate of drug-likeness (QED) is 0.456. The minimum Gasteiger partial charge on any atom is -0.354 e. The highest BCUT2D eigenvalue weighted by Crippen LogP contribution is 2.45. The molecule has 0 bridgehead atoms. The molecule has 4 aromatic rings. The Labute approximate surface area is 171 Å². The summed E-state index contributed by atoms with van der Waals surface area (Å²) in [5, 5.41) is 1.18. The zero-order valence-electron chi connectivity index (χ0n) is 16.8. The Bertz CT molecular complexity index is 1200. The topological polar surface area (TPSA) is 36.1 Å². The van der Waals surface area contributed by atoms with E-state index in [0.29, 0.717) is 0 Å². The van der Waals surface area contributed by atoms with Gasteiger partial charge in [0.25, 0.3) is 5.91 Å². The predicted molar refractivity (Wildman–Crippen MR) is 118 cm³/mol. The summed E-state index contributed by atoms with van der Waals surface area (Å²) in [5.41, 5.74) is 7.70. The van der Waals surface area contributed by atoms with Gasteiger partial charge in [-0.3, -0.25) is 4.79 Å². The maximum absolute atomic E-state index is 13.2. The number of para-hydroxylation sites is 1. The lowest BCUT2D eigenvalue weighted by atomic mass is 9.93. The molecule has 1 amide bonds. The summed E-state index contributed by atoms with van der Waals surface area (Å²) >= 11 is 0. The first-order valence-electron chi connectivity index (χ1n) is 10.3. The second kappa shape index (κ2) is 6.93. The van der Waals surface area contributed by atoms with Crippen molar-refractivity contribution in [3.8, 4) is 11.3 Å². The van der Waals surface area contributed by atoms with Crippen molar-refractivity contribution < 1.29 is 4.79 Å². The van der Waals surface area contributed by atoms with Crippen molar-refractivity contribution in [2.24, 2.45) is 0 Å². The first kappa shape index (κ1) is 17.7. The van der Waals surface area contributed by atoms with E-state index in [0.717, 1.165) is 40.9 Å². The maximum atomic E-state index is 13.2. The van der Waals surface area contributed by atoms with E-state index in [1.54, 1.807) is 0 Å². The molecule has 1 aromatic heterocycles. The highest BCUT2D eigenvalue weighted by atomic mass is 16.2. The van der Waals surface area contributed by atoms with Crippen molar-refractivity contribution in [3.63, 3.8) is 0 Å². The molecule has 0 saturated carbocycles. The van der Waals surface area contributed by atoms with E-state index < -0.39 is 0 Å². The molecule has 5 rings (SSSR count). The van der Waals surface area contributed by atoms with Crippen LogP contribution < -0.4 is 0 Å². The minimum absolute atomic E-state index is 0.0777. The van der Waals surface area contributed by atoms with Gasteiger partial charge < -0.3 is 9.88 Å². The zero-order chi connectivity index (χ0) is 20.0. The molecule has 1 N–H and O–H groups in total. The number of hydrogen-bond donors (Lipinski definition) is 1. The molecule has 3 nitrogen and oxygen atoms in total. The van der Waals surface area contributed by atoms with Crippen LogP contribution in [-0.4, -0.2) is 22.3 Å². The number of nitrogens with zero attached hydrogens (tertiary/aromatic N) is 1. The van der Waals surface area contributed by atoms with E-state index in [9.17, 15) is 4.79 Å². The van der Waals surface area contributed by atoms with Gasteiger partial charge in [-0.2, -0.15) is 0 Å². The van der Waals surface area contributed by atoms with Gasteiger partial charge in [-0.05, 0) is 36.6 Å². The molecule has 3 heteroatoms. The summed E-state index contributed by atoms with van der Waals surface area (Å²) in [6.07, 6.45) is 0.929.